The van der Waals surface area contributed by atoms with Gasteiger partial charge in [-0.15, -0.1) is 0 Å². The molecule has 2 amide bonds. The van der Waals surface area contributed by atoms with Crippen LogP contribution in [0.15, 0.2) is 24.3 Å². The van der Waals surface area contributed by atoms with Crippen LogP contribution in [0.25, 0.3) is 0 Å². The Labute approximate surface area is 114 Å². The van der Waals surface area contributed by atoms with Crippen LogP contribution in [0.4, 0.5) is 10.5 Å². The molecular formula is C14H22N2O3. The van der Waals surface area contributed by atoms with Gasteiger partial charge in [0.2, 0.25) is 0 Å². The summed E-state index contributed by atoms with van der Waals surface area (Å²) < 4.78 is 5.16. The van der Waals surface area contributed by atoms with Crippen LogP contribution in [-0.4, -0.2) is 30.4 Å². The van der Waals surface area contributed by atoms with E-state index in [-0.39, 0.29) is 12.6 Å². The number of benzene rings is 1. The van der Waals surface area contributed by atoms with E-state index < -0.39 is 5.54 Å². The Morgan fingerprint density at radius 2 is 2.11 bits per heavy atom. The zero-order chi connectivity index (χ0) is 14.3. The third-order valence-electron chi connectivity index (χ3n) is 2.92. The number of ether oxygens (including phenoxy) is 1. The Balaban J connectivity index is 2.69. The summed E-state index contributed by atoms with van der Waals surface area (Å²) in [6.45, 7) is 3.73. The van der Waals surface area contributed by atoms with E-state index in [1.165, 1.54) is 0 Å². The number of anilines is 1. The highest BCUT2D eigenvalue weighted by Crippen LogP contribution is 2.23. The van der Waals surface area contributed by atoms with Crippen molar-refractivity contribution in [1.82, 2.24) is 5.32 Å². The van der Waals surface area contributed by atoms with Crippen LogP contribution in [0, 0.1) is 0 Å². The third kappa shape index (κ3) is 4.44. The van der Waals surface area contributed by atoms with Gasteiger partial charge >= 0.3 is 6.03 Å². The van der Waals surface area contributed by atoms with E-state index in [1.807, 2.05) is 26.0 Å². The highest BCUT2D eigenvalue weighted by molar-refractivity contribution is 5.91. The Morgan fingerprint density at radius 1 is 1.42 bits per heavy atom. The van der Waals surface area contributed by atoms with Crippen LogP contribution in [-0.2, 0) is 0 Å². The highest BCUT2D eigenvalue weighted by Gasteiger charge is 2.24. The molecule has 5 heteroatoms. The molecule has 0 fully saturated rings. The molecular weight excluding hydrogens is 244 g/mol. The number of carbonyl (C=O) groups is 1. The number of nitrogens with one attached hydrogen (secondary N) is 2. The molecule has 0 bridgehead atoms. The van der Waals surface area contributed by atoms with Crippen molar-refractivity contribution in [2.45, 2.75) is 32.2 Å². The Morgan fingerprint density at radius 3 is 2.68 bits per heavy atom. The molecule has 106 valence electrons. The van der Waals surface area contributed by atoms with E-state index in [1.54, 1.807) is 19.2 Å². The number of urea groups is 1. The van der Waals surface area contributed by atoms with Crippen LogP contribution in [0.3, 0.4) is 0 Å². The third-order valence-corrected chi connectivity index (χ3v) is 2.92. The molecule has 0 aromatic heterocycles. The Kier molecular flexibility index (Phi) is 5.63. The average molecular weight is 266 g/mol. The summed E-state index contributed by atoms with van der Waals surface area (Å²) in [5, 5.41) is 14.9. The monoisotopic (exact) mass is 266 g/mol. The molecule has 19 heavy (non-hydrogen) atoms. The van der Waals surface area contributed by atoms with Crippen LogP contribution in [0.5, 0.6) is 5.75 Å². The minimum atomic E-state index is -0.610. The predicted molar refractivity (Wildman–Crippen MR) is 75.5 cm³/mol. The Hall–Kier alpha value is -1.75. The molecule has 1 aromatic rings. The van der Waals surface area contributed by atoms with Gasteiger partial charge < -0.3 is 20.5 Å². The van der Waals surface area contributed by atoms with Gasteiger partial charge in [-0.2, -0.15) is 0 Å². The lowest BCUT2D eigenvalue weighted by Gasteiger charge is -2.28. The van der Waals surface area contributed by atoms with E-state index in [9.17, 15) is 9.90 Å². The fourth-order valence-electron chi connectivity index (χ4n) is 1.91. The first kappa shape index (κ1) is 15.3. The van der Waals surface area contributed by atoms with Gasteiger partial charge in [0.15, 0.2) is 0 Å². The minimum absolute atomic E-state index is 0.0970. The van der Waals surface area contributed by atoms with Crippen molar-refractivity contribution in [3.05, 3.63) is 24.3 Å². The van der Waals surface area contributed by atoms with E-state index in [0.717, 1.165) is 6.42 Å². The molecule has 1 atom stereocenters. The van der Waals surface area contributed by atoms with Crippen LogP contribution in [0.2, 0.25) is 0 Å². The lowest BCUT2D eigenvalue weighted by Crippen LogP contribution is -2.50. The van der Waals surface area contributed by atoms with Gasteiger partial charge in [0.25, 0.3) is 0 Å². The molecule has 1 rings (SSSR count). The maximum atomic E-state index is 11.9. The standard InChI is InChI=1S/C14H22N2O3/c1-4-9-14(2,10-17)16-13(18)15-11-7-5-6-8-12(11)19-3/h5-8,17H,4,9-10H2,1-3H3,(H2,15,16,18)/t14-/m0/s1. The number of carbonyl (C=O) groups excluding carboxylic acids is 1. The van der Waals surface area contributed by atoms with E-state index in [4.69, 9.17) is 4.74 Å². The SMILES string of the molecule is CCC[C@@](C)(CO)NC(=O)Nc1ccccc1OC. The number of aliphatic hydroxyl groups excluding tert-OH is 1. The number of aliphatic hydroxyl groups is 1. The van der Waals surface area contributed by atoms with Gasteiger partial charge in [0.1, 0.15) is 5.75 Å². The minimum Gasteiger partial charge on any atom is -0.495 e. The molecule has 1 aromatic carbocycles. The fraction of sp³-hybridized carbons (Fsp3) is 0.500. The van der Waals surface area contributed by atoms with E-state index in [2.05, 4.69) is 10.6 Å². The van der Waals surface area contributed by atoms with Crippen molar-refractivity contribution >= 4 is 11.7 Å². The number of para-hydroxylation sites is 2. The normalized spacial score (nSPS) is 13.5. The van der Waals surface area contributed by atoms with E-state index >= 15 is 0 Å². The second-order valence-corrected chi connectivity index (χ2v) is 4.75. The van der Waals surface area contributed by atoms with Crippen LogP contribution >= 0.6 is 0 Å². The molecule has 0 radical (unpaired) electrons. The summed E-state index contributed by atoms with van der Waals surface area (Å²) in [7, 11) is 1.55. The van der Waals surface area contributed by atoms with Gasteiger partial charge in [-0.3, -0.25) is 0 Å². The van der Waals surface area contributed by atoms with Crippen molar-refractivity contribution in [2.75, 3.05) is 19.0 Å². The summed E-state index contributed by atoms with van der Waals surface area (Å²) in [4.78, 5) is 11.9. The van der Waals surface area contributed by atoms with E-state index in [0.29, 0.717) is 17.9 Å². The smallest absolute Gasteiger partial charge is 0.319 e. The van der Waals surface area contributed by atoms with Gasteiger partial charge in [-0.1, -0.05) is 25.5 Å². The van der Waals surface area contributed by atoms with Crippen molar-refractivity contribution < 1.29 is 14.6 Å². The molecule has 0 spiro atoms. The number of methoxy groups -OCH3 is 1. The first-order valence-electron chi connectivity index (χ1n) is 6.37. The predicted octanol–water partition coefficient (Wildman–Crippen LogP) is 2.37. The zero-order valence-electron chi connectivity index (χ0n) is 11.7. The summed E-state index contributed by atoms with van der Waals surface area (Å²) in [6, 6.07) is 6.82. The lowest BCUT2D eigenvalue weighted by atomic mass is 9.98. The molecule has 0 unspecified atom stereocenters. The topological polar surface area (TPSA) is 70.6 Å². The number of hydrogen-bond acceptors (Lipinski definition) is 3. The summed E-state index contributed by atoms with van der Waals surface area (Å²) in [6.07, 6.45) is 1.59. The number of hydrogen-bond donors (Lipinski definition) is 3. The molecule has 0 aliphatic carbocycles. The van der Waals surface area contributed by atoms with Gasteiger partial charge in [0, 0.05) is 0 Å². The fourth-order valence-corrected chi connectivity index (χ4v) is 1.91. The zero-order valence-corrected chi connectivity index (χ0v) is 11.7. The molecule has 5 nitrogen and oxygen atoms in total. The van der Waals surface area contributed by atoms with Crippen LogP contribution < -0.4 is 15.4 Å². The Bertz CT molecular complexity index is 423. The molecule has 3 N–H and O–H groups in total. The molecule has 0 aliphatic rings. The van der Waals surface area contributed by atoms with Crippen LogP contribution in [0.1, 0.15) is 26.7 Å². The van der Waals surface area contributed by atoms with Crippen molar-refractivity contribution in [1.29, 1.82) is 0 Å². The first-order valence-corrected chi connectivity index (χ1v) is 6.37. The quantitative estimate of drug-likeness (QED) is 0.740. The average Bonchev–Trinajstić information content (AvgIpc) is 2.39. The molecule has 0 saturated heterocycles. The molecule has 0 heterocycles. The lowest BCUT2D eigenvalue weighted by molar-refractivity contribution is 0.167. The largest absolute Gasteiger partial charge is 0.495 e. The summed E-state index contributed by atoms with van der Waals surface area (Å²) >= 11 is 0. The van der Waals surface area contributed by atoms with Crippen molar-refractivity contribution in [2.24, 2.45) is 0 Å². The molecule has 0 saturated carbocycles. The molecule has 0 aliphatic heterocycles. The number of amides is 2. The maximum absolute atomic E-state index is 11.9. The first-order chi connectivity index (χ1) is 9.04. The second kappa shape index (κ2) is 6.99. The number of rotatable bonds is 6. The van der Waals surface area contributed by atoms with Gasteiger partial charge in [-0.25, -0.2) is 4.79 Å². The van der Waals surface area contributed by atoms with Gasteiger partial charge in [-0.05, 0) is 25.5 Å². The van der Waals surface area contributed by atoms with Crippen molar-refractivity contribution in [3.63, 3.8) is 0 Å². The summed E-state index contributed by atoms with van der Waals surface area (Å²) in [5.41, 5.74) is -0.0137. The van der Waals surface area contributed by atoms with Gasteiger partial charge in [0.05, 0.1) is 24.9 Å². The van der Waals surface area contributed by atoms with Crippen molar-refractivity contribution in [3.8, 4) is 5.75 Å². The maximum Gasteiger partial charge on any atom is 0.319 e. The highest BCUT2D eigenvalue weighted by atomic mass is 16.5. The summed E-state index contributed by atoms with van der Waals surface area (Å²) in [5.74, 6) is 0.596. The second-order valence-electron chi connectivity index (χ2n) is 4.75.